The van der Waals surface area contributed by atoms with Crippen LogP contribution in [0, 0.1) is 6.07 Å². The van der Waals surface area contributed by atoms with Crippen LogP contribution >= 0.6 is 24.8 Å². The van der Waals surface area contributed by atoms with Crippen molar-refractivity contribution in [3.8, 4) is 11.1 Å². The molecule has 0 saturated heterocycles. The largest absolute Gasteiger partial charge is 0.214 e. The van der Waals surface area contributed by atoms with Gasteiger partial charge in [0.05, 0.1) is 0 Å². The quantitative estimate of drug-likeness (QED) is 0.147. The maximum absolute atomic E-state index is 3.30. The van der Waals surface area contributed by atoms with E-state index in [1.807, 2.05) is 66.7 Å². The molecule has 4 aromatic rings. The van der Waals surface area contributed by atoms with Crippen LogP contribution in [0.2, 0.25) is 13.1 Å². The van der Waals surface area contributed by atoms with E-state index in [2.05, 4.69) is 55.6 Å². The second-order valence-corrected chi connectivity index (χ2v) is 15.7. The molecule has 29 heavy (non-hydrogen) atoms. The smallest absolute Gasteiger partial charge is 0.0253 e. The molecule has 0 bridgehead atoms. The molecule has 0 saturated carbocycles. The van der Waals surface area contributed by atoms with Crippen LogP contribution in [-0.2, 0) is 29.8 Å². The minimum atomic E-state index is 0. The Hall–Kier alpha value is -1.18. The van der Waals surface area contributed by atoms with E-state index in [-0.39, 0.29) is 30.2 Å². The van der Waals surface area contributed by atoms with E-state index in [9.17, 15) is 0 Å². The Morgan fingerprint density at radius 3 is 1.72 bits per heavy atom. The first kappa shape index (κ1) is 27.8. The summed E-state index contributed by atoms with van der Waals surface area (Å²) in [6, 6.07) is 38.1. The maximum atomic E-state index is 3.30. The number of halogens is 2. The monoisotopic (exact) mass is 515 g/mol. The van der Waals surface area contributed by atoms with Crippen molar-refractivity contribution in [3.63, 3.8) is 0 Å². The topological polar surface area (TPSA) is 0 Å². The third-order valence-electron chi connectivity index (χ3n) is 3.73. The molecule has 5 rings (SSSR count). The molecule has 0 aliphatic heterocycles. The summed E-state index contributed by atoms with van der Waals surface area (Å²) < 4.78 is 0. The molecule has 0 nitrogen and oxygen atoms in total. The fourth-order valence-electron chi connectivity index (χ4n) is 2.64. The van der Waals surface area contributed by atoms with Gasteiger partial charge in [-0.15, -0.1) is 30.4 Å². The van der Waals surface area contributed by atoms with Crippen molar-refractivity contribution in [2.45, 2.75) is 19.5 Å². The summed E-state index contributed by atoms with van der Waals surface area (Å²) in [4.78, 5) is 0. The first-order chi connectivity index (χ1) is 13.2. The van der Waals surface area contributed by atoms with Gasteiger partial charge >= 0.3 is 41.9 Å². The summed E-state index contributed by atoms with van der Waals surface area (Å²) in [5, 5.41) is 0. The van der Waals surface area contributed by atoms with E-state index in [0.717, 1.165) is 6.42 Å². The van der Waals surface area contributed by atoms with Gasteiger partial charge in [0.2, 0.25) is 0 Å². The summed E-state index contributed by atoms with van der Waals surface area (Å²) in [6.45, 7) is 4.62. The number of benzene rings is 2. The van der Waals surface area contributed by atoms with Gasteiger partial charge in [-0.05, 0) is 6.42 Å². The Balaban J connectivity index is 0.000000413. The Morgan fingerprint density at radius 1 is 0.759 bits per heavy atom. The van der Waals surface area contributed by atoms with Crippen molar-refractivity contribution in [1.82, 2.24) is 0 Å². The molecule has 1 aliphatic carbocycles. The van der Waals surface area contributed by atoms with Crippen molar-refractivity contribution < 1.29 is 23.3 Å². The van der Waals surface area contributed by atoms with Crippen LogP contribution in [0.15, 0.2) is 103 Å². The van der Waals surface area contributed by atoms with Crippen LogP contribution in [-0.4, -0.2) is 5.43 Å². The predicted molar refractivity (Wildman–Crippen MR) is 130 cm³/mol. The Kier molecular flexibility index (Phi) is 15.9. The van der Waals surface area contributed by atoms with Crippen molar-refractivity contribution in [2.24, 2.45) is 0 Å². The molecule has 0 amide bonds. The number of fused-ring (bicyclic) bond motifs is 3. The van der Waals surface area contributed by atoms with Crippen LogP contribution in [0.1, 0.15) is 11.1 Å². The fourth-order valence-corrected chi connectivity index (χ4v) is 2.64. The second-order valence-electron chi connectivity index (χ2n) is 6.32. The third kappa shape index (κ3) is 11.0. The van der Waals surface area contributed by atoms with Gasteiger partial charge in [-0.25, -0.2) is 24.3 Å². The van der Waals surface area contributed by atoms with E-state index < -0.39 is 0 Å². The first-order valence-corrected chi connectivity index (χ1v) is 15.3. The molecule has 0 radical (unpaired) electrons. The number of rotatable bonds is 0. The Morgan fingerprint density at radius 2 is 1.24 bits per heavy atom. The normalized spacial score (nSPS) is 9.14. The first-order valence-electron chi connectivity index (χ1n) is 9.11. The zero-order valence-electron chi connectivity index (χ0n) is 16.8. The Bertz CT molecular complexity index is 792. The van der Waals surface area contributed by atoms with Gasteiger partial charge in [0.25, 0.3) is 0 Å². The van der Waals surface area contributed by atoms with Gasteiger partial charge in [0, 0.05) is 0 Å². The molecule has 152 valence electrons. The summed E-state index contributed by atoms with van der Waals surface area (Å²) in [6.07, 6.45) is 1.05. The molecule has 4 aromatic carbocycles. The van der Waals surface area contributed by atoms with E-state index in [1.165, 1.54) is 22.3 Å². The molecule has 0 unspecified atom stereocenters. The Labute approximate surface area is 203 Å². The van der Waals surface area contributed by atoms with Crippen LogP contribution in [0.25, 0.3) is 11.1 Å². The van der Waals surface area contributed by atoms with Crippen LogP contribution in [0.5, 0.6) is 0 Å². The standard InChI is InChI=1S/C13H9.2C5H5.C2H6Si.2ClH.Zr/c1-3-7-12-10(5-1)9-11-6-2-4-8-13(11)12;2*1-2-4-5-3-1;1-3-2;;;/h1-5,7-8H,9H2;2*1-5H;1-2H3;2*1H;/q3*-1;;;;. The van der Waals surface area contributed by atoms with Crippen LogP contribution < -0.4 is 0 Å². The zero-order valence-corrected chi connectivity index (χ0v) is 21.9. The fraction of sp³-hybridized carbons (Fsp3) is 0.120. The van der Waals surface area contributed by atoms with Gasteiger partial charge in [-0.3, -0.25) is 0 Å². The molecule has 0 atom stereocenters. The SMILES string of the molecule is C[Si](C)=[Zr].Cl.Cl.[c-]1cccc2c1Cc1ccccc1-2.c1cc[cH-]c1.c1cc[cH-]c1. The molecule has 0 N–H and O–H groups in total. The molecule has 0 spiro atoms. The average molecular weight is 518 g/mol. The van der Waals surface area contributed by atoms with E-state index in [1.54, 1.807) is 23.3 Å². The molecule has 1 aliphatic rings. The van der Waals surface area contributed by atoms with Gasteiger partial charge in [0.15, 0.2) is 0 Å². The summed E-state index contributed by atoms with van der Waals surface area (Å²) >= 11 is 1.74. The number of hydrogen-bond donors (Lipinski definition) is 0. The summed E-state index contributed by atoms with van der Waals surface area (Å²) in [7, 11) is 0. The van der Waals surface area contributed by atoms with Crippen LogP contribution in [0.4, 0.5) is 0 Å². The predicted octanol–water partition coefficient (Wildman–Crippen LogP) is 7.50. The molecular formula is C25H27Cl2SiZr-3. The van der Waals surface area contributed by atoms with Crippen molar-refractivity contribution in [3.05, 3.63) is 120 Å². The molecular weight excluding hydrogens is 490 g/mol. The number of hydrogen-bond acceptors (Lipinski definition) is 0. The minimum absolute atomic E-state index is 0. The molecule has 0 aromatic heterocycles. The maximum Gasteiger partial charge on any atom is -0.0253 e. The van der Waals surface area contributed by atoms with Gasteiger partial charge < -0.3 is 0 Å². The molecule has 0 heterocycles. The average Bonchev–Trinajstić information content (AvgIpc) is 3.45. The van der Waals surface area contributed by atoms with E-state index in [0.29, 0.717) is 0 Å². The van der Waals surface area contributed by atoms with Crippen LogP contribution in [0.3, 0.4) is 0 Å². The van der Waals surface area contributed by atoms with Gasteiger partial charge in [-0.1, -0.05) is 35.4 Å². The van der Waals surface area contributed by atoms with Crippen molar-refractivity contribution in [2.75, 3.05) is 0 Å². The molecule has 4 heteroatoms. The van der Waals surface area contributed by atoms with Gasteiger partial charge in [0.1, 0.15) is 0 Å². The van der Waals surface area contributed by atoms with E-state index >= 15 is 0 Å². The second kappa shape index (κ2) is 16.6. The van der Waals surface area contributed by atoms with E-state index in [4.69, 9.17) is 0 Å². The summed E-state index contributed by atoms with van der Waals surface area (Å²) in [5.74, 6) is 0. The minimum Gasteiger partial charge on any atom is -0.214 e. The van der Waals surface area contributed by atoms with Crippen molar-refractivity contribution >= 4 is 30.2 Å². The van der Waals surface area contributed by atoms with Gasteiger partial charge in [-0.2, -0.15) is 66.2 Å². The summed E-state index contributed by atoms with van der Waals surface area (Å²) in [5.41, 5.74) is 5.72. The molecule has 0 fully saturated rings. The third-order valence-corrected chi connectivity index (χ3v) is 3.73. The van der Waals surface area contributed by atoms with Crippen molar-refractivity contribution in [1.29, 1.82) is 0 Å². The zero-order chi connectivity index (χ0) is 19.3.